The topological polar surface area (TPSA) is 15.3 Å². The molecule has 2 unspecified atom stereocenters. The third-order valence-electron chi connectivity index (χ3n) is 5.04. The van der Waals surface area contributed by atoms with Crippen molar-refractivity contribution in [3.8, 4) is 0 Å². The molecule has 1 N–H and O–H groups in total. The Morgan fingerprint density at radius 3 is 2.33 bits per heavy atom. The molecule has 1 aliphatic heterocycles. The Bertz CT molecular complexity index is 507. The van der Waals surface area contributed by atoms with Crippen molar-refractivity contribution in [2.45, 2.75) is 45.2 Å². The fourth-order valence-corrected chi connectivity index (χ4v) is 4.07. The molecule has 1 aromatic rings. The molecule has 0 radical (unpaired) electrons. The minimum absolute atomic E-state index is 0.209. The molecule has 1 heterocycles. The number of nitrogens with one attached hydrogen (secondary N) is 1. The van der Waals surface area contributed by atoms with Crippen LogP contribution in [0.15, 0.2) is 18.2 Å². The van der Waals surface area contributed by atoms with E-state index in [2.05, 4.69) is 31.0 Å². The van der Waals surface area contributed by atoms with Crippen LogP contribution in [0.1, 0.15) is 33.6 Å². The summed E-state index contributed by atoms with van der Waals surface area (Å²) in [5.41, 5.74) is 1.36. The number of anilines is 1. The Balaban J connectivity index is 1.93. The Labute approximate surface area is 137 Å². The van der Waals surface area contributed by atoms with Gasteiger partial charge in [0.2, 0.25) is 0 Å². The van der Waals surface area contributed by atoms with E-state index in [-0.39, 0.29) is 5.54 Å². The molecule has 0 bridgehead atoms. The molecule has 1 saturated carbocycles. The molecule has 1 aliphatic carbocycles. The number of halogens is 2. The van der Waals surface area contributed by atoms with Gasteiger partial charge in [0.25, 0.3) is 0 Å². The van der Waals surface area contributed by atoms with Crippen molar-refractivity contribution in [1.82, 2.24) is 5.32 Å². The van der Waals surface area contributed by atoms with Crippen molar-refractivity contribution in [3.05, 3.63) is 28.2 Å². The molecule has 3 rings (SSSR count). The van der Waals surface area contributed by atoms with Gasteiger partial charge in [0, 0.05) is 40.4 Å². The minimum atomic E-state index is 0.209. The van der Waals surface area contributed by atoms with Crippen LogP contribution in [-0.2, 0) is 0 Å². The predicted octanol–water partition coefficient (Wildman–Crippen LogP) is 4.60. The highest BCUT2D eigenvalue weighted by molar-refractivity contribution is 6.35. The number of nitrogens with zero attached hydrogens (tertiary/aromatic N) is 1. The lowest BCUT2D eigenvalue weighted by molar-refractivity contribution is 0.233. The van der Waals surface area contributed by atoms with Crippen molar-refractivity contribution in [2.24, 2.45) is 11.8 Å². The Kier molecular flexibility index (Phi) is 4.15. The van der Waals surface area contributed by atoms with Gasteiger partial charge in [-0.25, -0.2) is 0 Å². The highest BCUT2D eigenvalue weighted by atomic mass is 35.5. The van der Waals surface area contributed by atoms with Crippen LogP contribution in [0.3, 0.4) is 0 Å². The number of rotatable bonds is 3. The first kappa shape index (κ1) is 15.5. The largest absolute Gasteiger partial charge is 0.365 e. The number of hydrogen-bond acceptors (Lipinski definition) is 2. The van der Waals surface area contributed by atoms with Crippen LogP contribution in [0.2, 0.25) is 10.0 Å². The predicted molar refractivity (Wildman–Crippen MR) is 91.6 cm³/mol. The standard InChI is InChI=1S/C17H24Cl2N2/c1-11(2)16-9-20-17(3,12-4-5-12)10-21(16)15-7-13(18)6-14(19)8-15/h6-8,11-12,16,20H,4-5,9-10H2,1-3H3. The molecule has 2 aliphatic rings. The normalized spacial score (nSPS) is 30.0. The average molecular weight is 327 g/mol. The first-order chi connectivity index (χ1) is 9.89. The van der Waals surface area contributed by atoms with Crippen molar-refractivity contribution in [2.75, 3.05) is 18.0 Å². The van der Waals surface area contributed by atoms with Crippen molar-refractivity contribution in [3.63, 3.8) is 0 Å². The summed E-state index contributed by atoms with van der Waals surface area (Å²) < 4.78 is 0. The zero-order valence-corrected chi connectivity index (χ0v) is 14.5. The molecule has 2 fully saturated rings. The third-order valence-corrected chi connectivity index (χ3v) is 5.48. The molecule has 1 aromatic carbocycles. The second kappa shape index (κ2) is 5.64. The second-order valence-electron chi connectivity index (χ2n) is 7.14. The highest BCUT2D eigenvalue weighted by Crippen LogP contribution is 2.43. The number of benzene rings is 1. The zero-order chi connectivity index (χ0) is 15.2. The van der Waals surface area contributed by atoms with Crippen LogP contribution in [0.5, 0.6) is 0 Å². The van der Waals surface area contributed by atoms with Crippen LogP contribution in [-0.4, -0.2) is 24.7 Å². The fraction of sp³-hybridized carbons (Fsp3) is 0.647. The average Bonchev–Trinajstić information content (AvgIpc) is 3.21. The van der Waals surface area contributed by atoms with E-state index in [9.17, 15) is 0 Å². The van der Waals surface area contributed by atoms with E-state index in [1.807, 2.05) is 12.1 Å². The highest BCUT2D eigenvalue weighted by Gasteiger charge is 2.46. The van der Waals surface area contributed by atoms with Gasteiger partial charge in [-0.15, -0.1) is 0 Å². The fourth-order valence-electron chi connectivity index (χ4n) is 3.55. The van der Waals surface area contributed by atoms with Crippen LogP contribution in [0.25, 0.3) is 0 Å². The van der Waals surface area contributed by atoms with Gasteiger partial charge in [-0.3, -0.25) is 0 Å². The number of piperazine rings is 1. The smallest absolute Gasteiger partial charge is 0.0441 e. The van der Waals surface area contributed by atoms with Crippen LogP contribution in [0.4, 0.5) is 5.69 Å². The van der Waals surface area contributed by atoms with Crippen molar-refractivity contribution >= 4 is 28.9 Å². The summed E-state index contributed by atoms with van der Waals surface area (Å²) in [4.78, 5) is 2.51. The molecule has 2 atom stereocenters. The van der Waals surface area contributed by atoms with E-state index in [0.29, 0.717) is 22.0 Å². The summed E-state index contributed by atoms with van der Waals surface area (Å²) in [5, 5.41) is 5.24. The maximum absolute atomic E-state index is 6.22. The van der Waals surface area contributed by atoms with E-state index in [1.165, 1.54) is 12.8 Å². The van der Waals surface area contributed by atoms with Gasteiger partial charge in [-0.05, 0) is 49.8 Å². The maximum Gasteiger partial charge on any atom is 0.0441 e. The maximum atomic E-state index is 6.22. The van der Waals surface area contributed by atoms with Gasteiger partial charge >= 0.3 is 0 Å². The third kappa shape index (κ3) is 3.18. The van der Waals surface area contributed by atoms with Crippen LogP contribution in [0, 0.1) is 11.8 Å². The summed E-state index contributed by atoms with van der Waals surface area (Å²) in [6.07, 6.45) is 2.69. The van der Waals surface area contributed by atoms with Gasteiger partial charge in [0.15, 0.2) is 0 Å². The molecule has 0 amide bonds. The molecule has 1 saturated heterocycles. The molecule has 0 aromatic heterocycles. The monoisotopic (exact) mass is 326 g/mol. The lowest BCUT2D eigenvalue weighted by Crippen LogP contribution is -2.65. The van der Waals surface area contributed by atoms with Crippen molar-refractivity contribution < 1.29 is 0 Å². The van der Waals surface area contributed by atoms with Gasteiger partial charge in [-0.2, -0.15) is 0 Å². The van der Waals surface area contributed by atoms with Gasteiger partial charge < -0.3 is 10.2 Å². The van der Waals surface area contributed by atoms with Gasteiger partial charge in [0.05, 0.1) is 0 Å². The van der Waals surface area contributed by atoms with Gasteiger partial charge in [-0.1, -0.05) is 37.0 Å². The first-order valence-electron chi connectivity index (χ1n) is 7.87. The minimum Gasteiger partial charge on any atom is -0.365 e. The zero-order valence-electron chi connectivity index (χ0n) is 13.0. The molecule has 21 heavy (non-hydrogen) atoms. The van der Waals surface area contributed by atoms with E-state index >= 15 is 0 Å². The van der Waals surface area contributed by atoms with Crippen molar-refractivity contribution in [1.29, 1.82) is 0 Å². The van der Waals surface area contributed by atoms with Crippen LogP contribution >= 0.6 is 23.2 Å². The number of hydrogen-bond donors (Lipinski definition) is 1. The van der Waals surface area contributed by atoms with Crippen LogP contribution < -0.4 is 10.2 Å². The summed E-state index contributed by atoms with van der Waals surface area (Å²) in [6, 6.07) is 6.37. The molecule has 4 heteroatoms. The van der Waals surface area contributed by atoms with Gasteiger partial charge in [0.1, 0.15) is 0 Å². The Hall–Kier alpha value is -0.440. The summed E-state index contributed by atoms with van der Waals surface area (Å²) in [5.74, 6) is 1.39. The van der Waals surface area contributed by atoms with E-state index in [1.54, 1.807) is 6.07 Å². The quantitative estimate of drug-likeness (QED) is 0.873. The Morgan fingerprint density at radius 1 is 1.19 bits per heavy atom. The van der Waals surface area contributed by atoms with E-state index in [4.69, 9.17) is 23.2 Å². The lowest BCUT2D eigenvalue weighted by atomic mass is 9.87. The molecular formula is C17H24Cl2N2. The molecule has 0 spiro atoms. The second-order valence-corrected chi connectivity index (χ2v) is 8.01. The lowest BCUT2D eigenvalue weighted by Gasteiger charge is -2.49. The summed E-state index contributed by atoms with van der Waals surface area (Å²) >= 11 is 12.4. The molecule has 2 nitrogen and oxygen atoms in total. The molecular weight excluding hydrogens is 303 g/mol. The Morgan fingerprint density at radius 2 is 1.81 bits per heavy atom. The van der Waals surface area contributed by atoms with E-state index < -0.39 is 0 Å². The molecule has 116 valence electrons. The summed E-state index contributed by atoms with van der Waals surface area (Å²) in [7, 11) is 0. The SMILES string of the molecule is CC(C)C1CNC(C)(C2CC2)CN1c1cc(Cl)cc(Cl)c1. The van der Waals surface area contributed by atoms with E-state index in [0.717, 1.165) is 24.7 Å². The summed E-state index contributed by atoms with van der Waals surface area (Å²) in [6.45, 7) is 8.98. The first-order valence-corrected chi connectivity index (χ1v) is 8.62.